The molecule has 1 aromatic rings. The molecule has 0 aliphatic heterocycles. The fraction of sp³-hybridized carbons (Fsp3) is 0.462. The SMILES string of the molecule is COc1cc(C(=O)[O-])ccc1OCCC(C)C. The minimum atomic E-state index is -1.22. The molecule has 17 heavy (non-hydrogen) atoms. The van der Waals surface area contributed by atoms with E-state index in [0.717, 1.165) is 6.42 Å². The molecule has 0 spiro atoms. The highest BCUT2D eigenvalue weighted by Gasteiger charge is 2.06. The first-order valence-electron chi connectivity index (χ1n) is 5.56. The molecule has 0 saturated heterocycles. The number of ether oxygens (including phenoxy) is 2. The van der Waals surface area contributed by atoms with Gasteiger partial charge >= 0.3 is 0 Å². The van der Waals surface area contributed by atoms with E-state index in [1.54, 1.807) is 6.07 Å². The molecule has 0 N–H and O–H groups in total. The Morgan fingerprint density at radius 3 is 2.59 bits per heavy atom. The summed E-state index contributed by atoms with van der Waals surface area (Å²) in [6.07, 6.45) is 0.936. The van der Waals surface area contributed by atoms with E-state index < -0.39 is 5.97 Å². The molecular formula is C13H17O4-. The van der Waals surface area contributed by atoms with Gasteiger partial charge in [0.25, 0.3) is 0 Å². The Morgan fingerprint density at radius 2 is 2.06 bits per heavy atom. The predicted octanol–water partition coefficient (Wildman–Crippen LogP) is 1.48. The Balaban J connectivity index is 2.75. The molecule has 0 fully saturated rings. The second kappa shape index (κ2) is 6.13. The molecule has 4 nitrogen and oxygen atoms in total. The second-order valence-corrected chi connectivity index (χ2v) is 4.18. The number of benzene rings is 1. The first-order chi connectivity index (χ1) is 8.04. The van der Waals surface area contributed by atoms with E-state index in [4.69, 9.17) is 9.47 Å². The Bertz CT molecular complexity index is 385. The zero-order valence-corrected chi connectivity index (χ0v) is 10.4. The lowest BCUT2D eigenvalue weighted by Gasteiger charge is -2.13. The van der Waals surface area contributed by atoms with Crippen LogP contribution in [0.5, 0.6) is 11.5 Å². The number of carbonyl (C=O) groups is 1. The van der Waals surface area contributed by atoms with Gasteiger partial charge in [-0.25, -0.2) is 0 Å². The normalized spacial score (nSPS) is 10.4. The Kier molecular flexibility index (Phi) is 4.82. The molecule has 0 saturated carbocycles. The smallest absolute Gasteiger partial charge is 0.161 e. The van der Waals surface area contributed by atoms with Gasteiger partial charge in [0.1, 0.15) is 0 Å². The molecule has 94 valence electrons. The van der Waals surface area contributed by atoms with Crippen LogP contribution < -0.4 is 14.6 Å². The van der Waals surface area contributed by atoms with Crippen molar-refractivity contribution < 1.29 is 19.4 Å². The van der Waals surface area contributed by atoms with Crippen molar-refractivity contribution >= 4 is 5.97 Å². The molecule has 0 atom stereocenters. The molecular weight excluding hydrogens is 220 g/mol. The fourth-order valence-corrected chi connectivity index (χ4v) is 1.32. The lowest BCUT2D eigenvalue weighted by atomic mass is 10.1. The summed E-state index contributed by atoms with van der Waals surface area (Å²) in [6, 6.07) is 4.44. The van der Waals surface area contributed by atoms with Gasteiger partial charge in [-0.3, -0.25) is 0 Å². The van der Waals surface area contributed by atoms with Gasteiger partial charge in [0, 0.05) is 5.56 Å². The van der Waals surface area contributed by atoms with Crippen LogP contribution in [0, 0.1) is 5.92 Å². The molecule has 0 heterocycles. The predicted molar refractivity (Wildman–Crippen MR) is 62.3 cm³/mol. The van der Waals surface area contributed by atoms with Gasteiger partial charge < -0.3 is 19.4 Å². The summed E-state index contributed by atoms with van der Waals surface area (Å²) in [5.41, 5.74) is 0.0815. The molecule has 1 rings (SSSR count). The average molecular weight is 237 g/mol. The third-order valence-electron chi connectivity index (χ3n) is 2.35. The van der Waals surface area contributed by atoms with E-state index >= 15 is 0 Å². The number of carbonyl (C=O) groups excluding carboxylic acids is 1. The Labute approximate surface area is 101 Å². The highest BCUT2D eigenvalue weighted by molar-refractivity contribution is 5.86. The number of aromatic carboxylic acids is 1. The van der Waals surface area contributed by atoms with Crippen molar-refractivity contribution in [3.63, 3.8) is 0 Å². The zero-order chi connectivity index (χ0) is 12.8. The van der Waals surface area contributed by atoms with Crippen molar-refractivity contribution in [2.75, 3.05) is 13.7 Å². The van der Waals surface area contributed by atoms with Gasteiger partial charge in [-0.1, -0.05) is 13.8 Å². The number of hydrogen-bond acceptors (Lipinski definition) is 4. The maximum Gasteiger partial charge on any atom is 0.161 e. The van der Waals surface area contributed by atoms with Crippen LogP contribution in [-0.2, 0) is 0 Å². The van der Waals surface area contributed by atoms with E-state index in [-0.39, 0.29) is 5.56 Å². The first kappa shape index (κ1) is 13.4. The van der Waals surface area contributed by atoms with Crippen LogP contribution in [0.2, 0.25) is 0 Å². The molecule has 0 bridgehead atoms. The van der Waals surface area contributed by atoms with E-state index in [1.165, 1.54) is 19.2 Å². The minimum absolute atomic E-state index is 0.0815. The average Bonchev–Trinajstić information content (AvgIpc) is 2.28. The van der Waals surface area contributed by atoms with Crippen LogP contribution in [0.4, 0.5) is 0 Å². The van der Waals surface area contributed by atoms with E-state index in [2.05, 4.69) is 13.8 Å². The van der Waals surface area contributed by atoms with Gasteiger partial charge in [-0.05, 0) is 30.5 Å². The zero-order valence-electron chi connectivity index (χ0n) is 10.4. The summed E-state index contributed by atoms with van der Waals surface area (Å²) in [6.45, 7) is 4.80. The minimum Gasteiger partial charge on any atom is -0.545 e. The van der Waals surface area contributed by atoms with E-state index in [1.807, 2.05) is 0 Å². The summed E-state index contributed by atoms with van der Waals surface area (Å²) < 4.78 is 10.6. The molecule has 1 aromatic carbocycles. The van der Waals surface area contributed by atoms with Crippen molar-refractivity contribution in [3.8, 4) is 11.5 Å². The maximum absolute atomic E-state index is 10.7. The molecule has 0 aliphatic rings. The number of hydrogen-bond donors (Lipinski definition) is 0. The molecule has 0 amide bonds. The van der Waals surface area contributed by atoms with Crippen LogP contribution in [-0.4, -0.2) is 19.7 Å². The van der Waals surface area contributed by atoms with Crippen molar-refractivity contribution in [2.24, 2.45) is 5.92 Å². The fourth-order valence-electron chi connectivity index (χ4n) is 1.32. The maximum atomic E-state index is 10.7. The summed E-state index contributed by atoms with van der Waals surface area (Å²) in [7, 11) is 1.48. The van der Waals surface area contributed by atoms with Gasteiger partial charge in [-0.2, -0.15) is 0 Å². The largest absolute Gasteiger partial charge is 0.545 e. The standard InChI is InChI=1S/C13H18O4/c1-9(2)6-7-17-11-5-4-10(13(14)15)8-12(11)16-3/h4-5,8-9H,6-7H2,1-3H3,(H,14,15)/p-1. The van der Waals surface area contributed by atoms with Crippen molar-refractivity contribution in [1.29, 1.82) is 0 Å². The quantitative estimate of drug-likeness (QED) is 0.752. The summed E-state index contributed by atoms with van der Waals surface area (Å²) in [5, 5.41) is 10.7. The molecule has 4 heteroatoms. The van der Waals surface area contributed by atoms with Gasteiger partial charge in [0.2, 0.25) is 0 Å². The van der Waals surface area contributed by atoms with Crippen molar-refractivity contribution in [3.05, 3.63) is 23.8 Å². The lowest BCUT2D eigenvalue weighted by molar-refractivity contribution is -0.255. The topological polar surface area (TPSA) is 58.6 Å². The third-order valence-corrected chi connectivity index (χ3v) is 2.35. The highest BCUT2D eigenvalue weighted by atomic mass is 16.5. The van der Waals surface area contributed by atoms with Crippen molar-refractivity contribution in [1.82, 2.24) is 0 Å². The number of rotatable bonds is 6. The molecule has 0 unspecified atom stereocenters. The highest BCUT2D eigenvalue weighted by Crippen LogP contribution is 2.28. The van der Waals surface area contributed by atoms with Crippen LogP contribution in [0.1, 0.15) is 30.6 Å². The number of carboxylic acids is 1. The molecule has 0 aliphatic carbocycles. The summed E-state index contributed by atoms with van der Waals surface area (Å²) in [5.74, 6) is 0.300. The summed E-state index contributed by atoms with van der Waals surface area (Å²) >= 11 is 0. The molecule has 0 aromatic heterocycles. The lowest BCUT2D eigenvalue weighted by Crippen LogP contribution is -2.22. The van der Waals surface area contributed by atoms with Crippen LogP contribution in [0.25, 0.3) is 0 Å². The van der Waals surface area contributed by atoms with E-state index in [0.29, 0.717) is 24.0 Å². The van der Waals surface area contributed by atoms with Crippen LogP contribution >= 0.6 is 0 Å². The Morgan fingerprint density at radius 1 is 1.35 bits per heavy atom. The third kappa shape index (κ3) is 3.98. The van der Waals surface area contributed by atoms with Gasteiger partial charge in [0.05, 0.1) is 19.7 Å². The second-order valence-electron chi connectivity index (χ2n) is 4.18. The first-order valence-corrected chi connectivity index (χ1v) is 5.56. The van der Waals surface area contributed by atoms with Gasteiger partial charge in [0.15, 0.2) is 11.5 Å². The van der Waals surface area contributed by atoms with Gasteiger partial charge in [-0.15, -0.1) is 0 Å². The summed E-state index contributed by atoms with van der Waals surface area (Å²) in [4.78, 5) is 10.7. The van der Waals surface area contributed by atoms with Crippen molar-refractivity contribution in [2.45, 2.75) is 20.3 Å². The van der Waals surface area contributed by atoms with Crippen LogP contribution in [0.15, 0.2) is 18.2 Å². The number of methoxy groups -OCH3 is 1. The number of carboxylic acid groups (broad SMARTS) is 1. The monoisotopic (exact) mass is 237 g/mol. The van der Waals surface area contributed by atoms with E-state index in [9.17, 15) is 9.90 Å². The van der Waals surface area contributed by atoms with Crippen LogP contribution in [0.3, 0.4) is 0 Å². The molecule has 0 radical (unpaired) electrons. The Hall–Kier alpha value is -1.71.